The van der Waals surface area contributed by atoms with Crippen LogP contribution in [0.2, 0.25) is 0 Å². The zero-order chi connectivity index (χ0) is 15.4. The average molecular weight is 307 g/mol. The lowest BCUT2D eigenvalue weighted by Gasteiger charge is -2.42. The number of piperidine rings is 1. The monoisotopic (exact) mass is 307 g/mol. The van der Waals surface area contributed by atoms with E-state index in [2.05, 4.69) is 14.9 Å². The molecule has 1 aromatic heterocycles. The van der Waals surface area contributed by atoms with E-state index in [0.29, 0.717) is 11.8 Å². The van der Waals surface area contributed by atoms with Gasteiger partial charge in [-0.05, 0) is 31.6 Å². The summed E-state index contributed by atoms with van der Waals surface area (Å²) >= 11 is 0. The summed E-state index contributed by atoms with van der Waals surface area (Å²) in [5.41, 5.74) is 0.0478. The molecule has 2 aliphatic heterocycles. The van der Waals surface area contributed by atoms with E-state index in [-0.39, 0.29) is 5.60 Å². The van der Waals surface area contributed by atoms with Crippen LogP contribution in [0, 0.1) is 5.92 Å². The standard InChI is InChI=1S/C16H25N3O3/c1-20-9-3-13-4-10-22-16(13)5-7-19(8-6-16)14-11-15(21-2)18-12-17-14/h11-13H,3-10H2,1-2H3. The van der Waals surface area contributed by atoms with E-state index >= 15 is 0 Å². The molecule has 0 aromatic carbocycles. The van der Waals surface area contributed by atoms with Gasteiger partial charge in [-0.15, -0.1) is 0 Å². The molecule has 0 bridgehead atoms. The second-order valence-corrected chi connectivity index (χ2v) is 6.09. The number of hydrogen-bond donors (Lipinski definition) is 0. The van der Waals surface area contributed by atoms with Crippen LogP contribution in [0.3, 0.4) is 0 Å². The summed E-state index contributed by atoms with van der Waals surface area (Å²) in [6, 6.07) is 1.90. The molecule has 1 spiro atoms. The second-order valence-electron chi connectivity index (χ2n) is 6.09. The fraction of sp³-hybridized carbons (Fsp3) is 0.750. The molecule has 0 saturated carbocycles. The van der Waals surface area contributed by atoms with Crippen LogP contribution in [-0.2, 0) is 9.47 Å². The molecule has 22 heavy (non-hydrogen) atoms. The Hall–Kier alpha value is -1.40. The van der Waals surface area contributed by atoms with Crippen molar-refractivity contribution in [2.24, 2.45) is 5.92 Å². The zero-order valence-electron chi connectivity index (χ0n) is 13.5. The molecule has 2 saturated heterocycles. The molecule has 6 nitrogen and oxygen atoms in total. The molecule has 3 rings (SSSR count). The van der Waals surface area contributed by atoms with Crippen LogP contribution in [0.1, 0.15) is 25.7 Å². The summed E-state index contributed by atoms with van der Waals surface area (Å²) < 4.78 is 16.6. The molecule has 0 N–H and O–H groups in total. The number of aromatic nitrogens is 2. The van der Waals surface area contributed by atoms with E-state index in [9.17, 15) is 0 Å². The first-order valence-electron chi connectivity index (χ1n) is 8.01. The maximum absolute atomic E-state index is 6.18. The van der Waals surface area contributed by atoms with Crippen LogP contribution >= 0.6 is 0 Å². The van der Waals surface area contributed by atoms with Gasteiger partial charge in [-0.3, -0.25) is 0 Å². The predicted octanol–water partition coefficient (Wildman–Crippen LogP) is 1.90. The van der Waals surface area contributed by atoms with E-state index in [1.165, 1.54) is 0 Å². The minimum absolute atomic E-state index is 0.0478. The van der Waals surface area contributed by atoms with Gasteiger partial charge in [0.05, 0.1) is 12.7 Å². The maximum atomic E-state index is 6.18. The normalized spacial score (nSPS) is 23.9. The maximum Gasteiger partial charge on any atom is 0.218 e. The topological polar surface area (TPSA) is 56.7 Å². The van der Waals surface area contributed by atoms with E-state index < -0.39 is 0 Å². The lowest BCUT2D eigenvalue weighted by atomic mass is 9.78. The highest BCUT2D eigenvalue weighted by Crippen LogP contribution is 2.42. The molecular weight excluding hydrogens is 282 g/mol. The van der Waals surface area contributed by atoms with Crippen LogP contribution < -0.4 is 9.64 Å². The number of methoxy groups -OCH3 is 2. The number of anilines is 1. The van der Waals surface area contributed by atoms with Crippen molar-refractivity contribution in [2.75, 3.05) is 45.4 Å². The molecule has 0 radical (unpaired) electrons. The molecule has 3 heterocycles. The van der Waals surface area contributed by atoms with Crippen LogP contribution in [0.25, 0.3) is 0 Å². The first-order chi connectivity index (χ1) is 10.8. The second kappa shape index (κ2) is 6.79. The van der Waals surface area contributed by atoms with Gasteiger partial charge in [0.1, 0.15) is 12.1 Å². The third kappa shape index (κ3) is 3.03. The Morgan fingerprint density at radius 3 is 2.86 bits per heavy atom. The smallest absolute Gasteiger partial charge is 0.218 e. The van der Waals surface area contributed by atoms with Gasteiger partial charge in [-0.25, -0.2) is 9.97 Å². The Bertz CT molecular complexity index is 489. The Morgan fingerprint density at radius 1 is 1.32 bits per heavy atom. The van der Waals surface area contributed by atoms with Crippen LogP contribution in [0.4, 0.5) is 5.82 Å². The molecule has 2 aliphatic rings. The first-order valence-corrected chi connectivity index (χ1v) is 8.01. The fourth-order valence-corrected chi connectivity index (χ4v) is 3.73. The Morgan fingerprint density at radius 2 is 2.14 bits per heavy atom. The van der Waals surface area contributed by atoms with Crippen molar-refractivity contribution in [3.63, 3.8) is 0 Å². The number of ether oxygens (including phenoxy) is 3. The first kappa shape index (κ1) is 15.5. The lowest BCUT2D eigenvalue weighted by molar-refractivity contribution is -0.0457. The third-order valence-corrected chi connectivity index (χ3v) is 5.04. The molecule has 1 aromatic rings. The van der Waals surface area contributed by atoms with E-state index in [0.717, 1.165) is 57.8 Å². The zero-order valence-corrected chi connectivity index (χ0v) is 13.5. The molecule has 1 unspecified atom stereocenters. The summed E-state index contributed by atoms with van der Waals surface area (Å²) in [5, 5.41) is 0. The molecule has 1 atom stereocenters. The van der Waals surface area contributed by atoms with Crippen LogP contribution in [0.15, 0.2) is 12.4 Å². The summed E-state index contributed by atoms with van der Waals surface area (Å²) in [5.74, 6) is 2.17. The molecule has 122 valence electrons. The van der Waals surface area contributed by atoms with Crippen molar-refractivity contribution in [1.29, 1.82) is 0 Å². The van der Waals surface area contributed by atoms with Gasteiger partial charge in [0.15, 0.2) is 0 Å². The predicted molar refractivity (Wildman–Crippen MR) is 83.3 cm³/mol. The van der Waals surface area contributed by atoms with Crippen LogP contribution in [-0.4, -0.2) is 56.1 Å². The summed E-state index contributed by atoms with van der Waals surface area (Å²) in [7, 11) is 3.40. The minimum Gasteiger partial charge on any atom is -0.481 e. The highest BCUT2D eigenvalue weighted by Gasteiger charge is 2.45. The molecular formula is C16H25N3O3. The Labute approximate surface area is 131 Å². The SMILES string of the molecule is COCCC1CCOC12CCN(c1cc(OC)ncn1)CC2. The van der Waals surface area contributed by atoms with Crippen molar-refractivity contribution in [2.45, 2.75) is 31.3 Å². The van der Waals surface area contributed by atoms with E-state index in [1.807, 2.05) is 6.07 Å². The van der Waals surface area contributed by atoms with Crippen LogP contribution in [0.5, 0.6) is 5.88 Å². The highest BCUT2D eigenvalue weighted by atomic mass is 16.5. The fourth-order valence-electron chi connectivity index (χ4n) is 3.73. The van der Waals surface area contributed by atoms with Gasteiger partial charge in [0, 0.05) is 39.5 Å². The van der Waals surface area contributed by atoms with Gasteiger partial charge < -0.3 is 19.1 Å². The van der Waals surface area contributed by atoms with Crippen molar-refractivity contribution >= 4 is 5.82 Å². The Kier molecular flexibility index (Phi) is 4.78. The van der Waals surface area contributed by atoms with Gasteiger partial charge in [0.2, 0.25) is 5.88 Å². The van der Waals surface area contributed by atoms with Crippen molar-refractivity contribution in [3.05, 3.63) is 12.4 Å². The van der Waals surface area contributed by atoms with Gasteiger partial charge >= 0.3 is 0 Å². The van der Waals surface area contributed by atoms with E-state index in [4.69, 9.17) is 14.2 Å². The van der Waals surface area contributed by atoms with Crippen molar-refractivity contribution in [3.8, 4) is 5.88 Å². The van der Waals surface area contributed by atoms with Gasteiger partial charge in [0.25, 0.3) is 0 Å². The van der Waals surface area contributed by atoms with Crippen molar-refractivity contribution < 1.29 is 14.2 Å². The minimum atomic E-state index is 0.0478. The largest absolute Gasteiger partial charge is 0.481 e. The molecule has 6 heteroatoms. The summed E-state index contributed by atoms with van der Waals surface area (Å²) in [6.07, 6.45) is 5.91. The summed E-state index contributed by atoms with van der Waals surface area (Å²) in [6.45, 7) is 3.63. The quantitative estimate of drug-likeness (QED) is 0.828. The summed E-state index contributed by atoms with van der Waals surface area (Å²) in [4.78, 5) is 10.7. The number of rotatable bonds is 5. The number of hydrogen-bond acceptors (Lipinski definition) is 6. The average Bonchev–Trinajstić information content (AvgIpc) is 2.96. The molecule has 2 fully saturated rings. The van der Waals surface area contributed by atoms with E-state index in [1.54, 1.807) is 20.5 Å². The van der Waals surface area contributed by atoms with Gasteiger partial charge in [-0.1, -0.05) is 0 Å². The molecule has 0 aliphatic carbocycles. The van der Waals surface area contributed by atoms with Crippen molar-refractivity contribution in [1.82, 2.24) is 9.97 Å². The Balaban J connectivity index is 1.64. The van der Waals surface area contributed by atoms with Gasteiger partial charge in [-0.2, -0.15) is 0 Å². The third-order valence-electron chi connectivity index (χ3n) is 5.04. The highest BCUT2D eigenvalue weighted by molar-refractivity contribution is 5.41. The molecule has 0 amide bonds. The number of nitrogens with zero attached hydrogens (tertiary/aromatic N) is 3. The lowest BCUT2D eigenvalue weighted by Crippen LogP contribution is -2.48.